The number of hydrogen-bond acceptors (Lipinski definition) is 9. The monoisotopic (exact) mass is 456 g/mol. The highest BCUT2D eigenvalue weighted by molar-refractivity contribution is 7.98. The van der Waals surface area contributed by atoms with E-state index < -0.39 is 42.1 Å². The molecule has 0 fully saturated rings. The molecule has 12 heteroatoms. The number of benzene rings is 1. The third-order valence-electron chi connectivity index (χ3n) is 4.70. The van der Waals surface area contributed by atoms with E-state index in [2.05, 4.69) is 5.32 Å². The van der Waals surface area contributed by atoms with E-state index in [1.165, 1.54) is 20.1 Å². The second-order valence-electron chi connectivity index (χ2n) is 6.71. The Morgan fingerprint density at radius 1 is 1.32 bits per heavy atom. The molecule has 1 heterocycles. The maximum atomic E-state index is 13.0. The average Bonchev–Trinajstić information content (AvgIpc) is 2.71. The molecule has 0 aromatic heterocycles. The lowest BCUT2D eigenvalue weighted by Gasteiger charge is -2.27. The fourth-order valence-electron chi connectivity index (χ4n) is 3.11. The first-order valence-corrected chi connectivity index (χ1v) is 10.3. The zero-order valence-corrected chi connectivity index (χ0v) is 18.2. The molecule has 31 heavy (non-hydrogen) atoms. The number of aromatic hydroxyl groups is 1. The summed E-state index contributed by atoms with van der Waals surface area (Å²) >= 11 is 1.16. The molecule has 0 saturated heterocycles. The van der Waals surface area contributed by atoms with E-state index in [1.807, 2.05) is 5.32 Å². The summed E-state index contributed by atoms with van der Waals surface area (Å²) in [6, 6.07) is -1.22. The molecular weight excluding hydrogens is 432 g/mol. The molecule has 1 aromatic carbocycles. The van der Waals surface area contributed by atoms with Crippen molar-refractivity contribution in [3.05, 3.63) is 22.8 Å². The van der Waals surface area contributed by atoms with Gasteiger partial charge in [-0.1, -0.05) is 0 Å². The number of rotatable bonds is 3. The van der Waals surface area contributed by atoms with Gasteiger partial charge in [0, 0.05) is 28.7 Å². The Balaban J connectivity index is 2.56. The number of thioether (sulfide) groups is 1. The van der Waals surface area contributed by atoms with Gasteiger partial charge in [-0.2, -0.15) is 11.8 Å². The van der Waals surface area contributed by atoms with Crippen LogP contribution in [0.4, 0.5) is 4.79 Å². The molecule has 3 atom stereocenters. The summed E-state index contributed by atoms with van der Waals surface area (Å²) in [7, 11) is 2.54. The number of carbonyl (C=O) groups is 4. The lowest BCUT2D eigenvalue weighted by Crippen LogP contribution is -2.57. The fourth-order valence-corrected chi connectivity index (χ4v) is 4.18. The van der Waals surface area contributed by atoms with E-state index in [4.69, 9.17) is 19.3 Å². The molecule has 0 spiro atoms. The highest BCUT2D eigenvalue weighted by Crippen LogP contribution is 2.36. The molecule has 4 N–H and O–H groups in total. The van der Waals surface area contributed by atoms with Crippen LogP contribution in [0.1, 0.15) is 28.4 Å². The van der Waals surface area contributed by atoms with Crippen LogP contribution < -0.4 is 15.4 Å². The zero-order chi connectivity index (χ0) is 23.3. The third kappa shape index (κ3) is 5.51. The molecule has 0 aliphatic carbocycles. The minimum atomic E-state index is -1.52. The van der Waals surface area contributed by atoms with Crippen molar-refractivity contribution in [3.8, 4) is 11.5 Å². The summed E-state index contributed by atoms with van der Waals surface area (Å²) in [5.74, 6) is -2.23. The second kappa shape index (κ2) is 10.2. The van der Waals surface area contributed by atoms with Gasteiger partial charge in [0.1, 0.15) is 29.7 Å². The maximum absolute atomic E-state index is 13.0. The SMILES string of the molecule is COC(=O)[C@@H]1CSCc2c(O)cc(OC)c(C)c2C(=O)O[C@H](C)[C@@H](NC(=O)O)C(=O)N1. The number of hydrogen-bond donors (Lipinski definition) is 4. The quantitative estimate of drug-likeness (QED) is 0.479. The second-order valence-corrected chi connectivity index (χ2v) is 7.74. The van der Waals surface area contributed by atoms with Gasteiger partial charge in [0.25, 0.3) is 0 Å². The van der Waals surface area contributed by atoms with E-state index in [-0.39, 0.29) is 34.1 Å². The van der Waals surface area contributed by atoms with Crippen molar-refractivity contribution in [1.29, 1.82) is 0 Å². The molecular formula is C19H24N2O9S. The number of amides is 2. The standard InChI is InChI=1S/C19H24N2O9S/c1-8-13(28-3)5-12(22)10-6-31-7-11(17(24)29-4)20-16(23)15(21-19(26)27)9(2)30-18(25)14(8)10/h5,9,11,15,21-22H,6-7H2,1-4H3,(H,20,23)(H,26,27)/t9-,11+,15-/m1/s1. The molecule has 1 aliphatic heterocycles. The first-order chi connectivity index (χ1) is 14.6. The first-order valence-electron chi connectivity index (χ1n) is 9.16. The largest absolute Gasteiger partial charge is 0.507 e. The number of fused-ring (bicyclic) bond motifs is 1. The fraction of sp³-hybridized carbons (Fsp3) is 0.474. The number of nitrogens with one attached hydrogen (secondary N) is 2. The van der Waals surface area contributed by atoms with E-state index in [0.29, 0.717) is 5.56 Å². The Morgan fingerprint density at radius 3 is 2.58 bits per heavy atom. The van der Waals surface area contributed by atoms with Crippen molar-refractivity contribution in [2.45, 2.75) is 37.8 Å². The lowest BCUT2D eigenvalue weighted by molar-refractivity contribution is -0.144. The van der Waals surface area contributed by atoms with Crippen LogP contribution in [0.3, 0.4) is 0 Å². The Morgan fingerprint density at radius 2 is 2.00 bits per heavy atom. The van der Waals surface area contributed by atoms with E-state index in [0.717, 1.165) is 18.9 Å². The van der Waals surface area contributed by atoms with E-state index in [9.17, 15) is 24.3 Å². The topological polar surface area (TPSA) is 160 Å². The predicted octanol–water partition coefficient (Wildman–Crippen LogP) is 0.795. The Labute approximate surface area is 182 Å². The van der Waals surface area contributed by atoms with Crippen molar-refractivity contribution in [2.24, 2.45) is 0 Å². The summed E-state index contributed by atoms with van der Waals surface area (Å²) in [6.45, 7) is 2.94. The number of ether oxygens (including phenoxy) is 3. The van der Waals surface area contributed by atoms with Crippen LogP contribution in [0.2, 0.25) is 0 Å². The van der Waals surface area contributed by atoms with E-state index in [1.54, 1.807) is 6.92 Å². The summed E-state index contributed by atoms with van der Waals surface area (Å²) in [5, 5.41) is 24.0. The maximum Gasteiger partial charge on any atom is 0.405 e. The van der Waals surface area contributed by atoms with Gasteiger partial charge in [-0.05, 0) is 13.8 Å². The van der Waals surface area contributed by atoms with Crippen LogP contribution >= 0.6 is 11.8 Å². The minimum Gasteiger partial charge on any atom is -0.507 e. The van der Waals surface area contributed by atoms with Crippen LogP contribution in [-0.2, 0) is 24.8 Å². The van der Waals surface area contributed by atoms with Gasteiger partial charge < -0.3 is 35.1 Å². The molecule has 0 radical (unpaired) electrons. The number of methoxy groups -OCH3 is 2. The van der Waals surface area contributed by atoms with Gasteiger partial charge in [-0.3, -0.25) is 4.79 Å². The van der Waals surface area contributed by atoms with Crippen LogP contribution in [0.25, 0.3) is 0 Å². The molecule has 0 saturated carbocycles. The Hall–Kier alpha value is -3.15. The number of phenols is 1. The lowest BCUT2D eigenvalue weighted by atomic mass is 10.0. The smallest absolute Gasteiger partial charge is 0.405 e. The third-order valence-corrected chi connectivity index (χ3v) is 5.77. The number of carbonyl (C=O) groups excluding carboxylic acids is 3. The molecule has 1 aromatic rings. The number of cyclic esters (lactones) is 1. The highest BCUT2D eigenvalue weighted by atomic mass is 32.2. The van der Waals surface area contributed by atoms with Gasteiger partial charge >= 0.3 is 18.0 Å². The van der Waals surface area contributed by atoms with Gasteiger partial charge in [-0.25, -0.2) is 14.4 Å². The summed E-state index contributed by atoms with van der Waals surface area (Å²) in [5.41, 5.74) is 0.710. The first kappa shape index (κ1) is 24.1. The van der Waals surface area contributed by atoms with Gasteiger partial charge in [0.2, 0.25) is 5.91 Å². The number of carboxylic acid groups (broad SMARTS) is 1. The van der Waals surface area contributed by atoms with Crippen LogP contribution in [0.15, 0.2) is 6.07 Å². The number of phenolic OH excluding ortho intramolecular Hbond substituents is 1. The Kier molecular flexibility index (Phi) is 7.97. The summed E-state index contributed by atoms with van der Waals surface area (Å²) in [6.07, 6.45) is -2.76. The number of esters is 2. The van der Waals surface area contributed by atoms with Crippen molar-refractivity contribution >= 4 is 35.7 Å². The molecule has 11 nitrogen and oxygen atoms in total. The molecule has 0 unspecified atom stereocenters. The van der Waals surface area contributed by atoms with Gasteiger partial charge in [0.05, 0.1) is 19.8 Å². The molecule has 1 aliphatic rings. The molecule has 170 valence electrons. The summed E-state index contributed by atoms with van der Waals surface area (Å²) in [4.78, 5) is 48.9. The highest BCUT2D eigenvalue weighted by Gasteiger charge is 2.35. The average molecular weight is 456 g/mol. The van der Waals surface area contributed by atoms with Gasteiger partial charge in [0.15, 0.2) is 0 Å². The zero-order valence-electron chi connectivity index (χ0n) is 17.4. The van der Waals surface area contributed by atoms with Crippen LogP contribution in [0.5, 0.6) is 11.5 Å². The van der Waals surface area contributed by atoms with Crippen LogP contribution in [-0.4, -0.2) is 72.3 Å². The van der Waals surface area contributed by atoms with Crippen LogP contribution in [0, 0.1) is 6.92 Å². The van der Waals surface area contributed by atoms with Crippen molar-refractivity contribution in [2.75, 3.05) is 20.0 Å². The van der Waals surface area contributed by atoms with Crippen molar-refractivity contribution in [1.82, 2.24) is 10.6 Å². The summed E-state index contributed by atoms with van der Waals surface area (Å²) < 4.78 is 15.3. The molecule has 2 rings (SSSR count). The van der Waals surface area contributed by atoms with Crippen molar-refractivity contribution < 1.29 is 43.6 Å². The Bertz CT molecular complexity index is 890. The molecule has 0 bridgehead atoms. The predicted molar refractivity (Wildman–Crippen MR) is 109 cm³/mol. The normalized spacial score (nSPS) is 22.0. The van der Waals surface area contributed by atoms with E-state index >= 15 is 0 Å². The minimum absolute atomic E-state index is 0.0425. The van der Waals surface area contributed by atoms with Crippen molar-refractivity contribution in [3.63, 3.8) is 0 Å². The van der Waals surface area contributed by atoms with Gasteiger partial charge in [-0.15, -0.1) is 0 Å². The molecule has 2 amide bonds.